The lowest BCUT2D eigenvalue weighted by molar-refractivity contribution is 0.147. The summed E-state index contributed by atoms with van der Waals surface area (Å²) in [5, 5.41) is 0. The summed E-state index contributed by atoms with van der Waals surface area (Å²) >= 11 is 0. The Bertz CT molecular complexity index is 664. The monoisotopic (exact) mass is 353 g/mol. The van der Waals surface area contributed by atoms with E-state index in [4.69, 9.17) is 0 Å². The first-order chi connectivity index (χ1) is 12.5. The molecule has 26 heavy (non-hydrogen) atoms. The van der Waals surface area contributed by atoms with Crippen LogP contribution < -0.4 is 0 Å². The highest BCUT2D eigenvalue weighted by molar-refractivity contribution is 5.28. The van der Waals surface area contributed by atoms with Crippen molar-refractivity contribution in [3.05, 3.63) is 71.3 Å². The van der Waals surface area contributed by atoms with Gasteiger partial charge in [0.15, 0.2) is 0 Å². The Labute approximate surface area is 158 Å². The summed E-state index contributed by atoms with van der Waals surface area (Å²) in [7, 11) is 0. The minimum absolute atomic E-state index is 0.144. The maximum absolute atomic E-state index is 13.6. The largest absolute Gasteiger partial charge is 0.294 e. The van der Waals surface area contributed by atoms with Crippen LogP contribution in [0.25, 0.3) is 0 Å². The normalized spacial score (nSPS) is 21.0. The van der Waals surface area contributed by atoms with Crippen molar-refractivity contribution < 1.29 is 4.39 Å². The van der Waals surface area contributed by atoms with Gasteiger partial charge >= 0.3 is 0 Å². The number of halogens is 1. The fourth-order valence-electron chi connectivity index (χ4n) is 3.95. The molecule has 0 aliphatic heterocycles. The zero-order valence-electron chi connectivity index (χ0n) is 16.4. The van der Waals surface area contributed by atoms with Crippen LogP contribution in [0, 0.1) is 0 Å². The fraction of sp³-hybridized carbons (Fsp3) is 0.500. The minimum atomic E-state index is -0.626. The van der Waals surface area contributed by atoms with Crippen LogP contribution in [-0.4, -0.2) is 23.2 Å². The van der Waals surface area contributed by atoms with Crippen LogP contribution >= 0.6 is 0 Å². The molecule has 3 atom stereocenters. The predicted molar refractivity (Wildman–Crippen MR) is 108 cm³/mol. The van der Waals surface area contributed by atoms with E-state index in [0.717, 1.165) is 32.2 Å². The Kier molecular flexibility index (Phi) is 6.48. The van der Waals surface area contributed by atoms with E-state index in [2.05, 4.69) is 80.3 Å². The molecule has 1 saturated carbocycles. The van der Waals surface area contributed by atoms with E-state index in [1.807, 2.05) is 0 Å². The number of hydrogen-bond donors (Lipinski definition) is 0. The van der Waals surface area contributed by atoms with Crippen molar-refractivity contribution in [2.45, 2.75) is 77.2 Å². The second-order valence-electron chi connectivity index (χ2n) is 8.08. The summed E-state index contributed by atoms with van der Waals surface area (Å²) in [6.45, 7) is 7.89. The van der Waals surface area contributed by atoms with Gasteiger partial charge in [0, 0.05) is 24.5 Å². The molecule has 0 saturated heterocycles. The van der Waals surface area contributed by atoms with E-state index in [1.165, 1.54) is 16.7 Å². The van der Waals surface area contributed by atoms with Crippen molar-refractivity contribution in [2.24, 2.45) is 0 Å². The van der Waals surface area contributed by atoms with Crippen molar-refractivity contribution in [3.8, 4) is 0 Å². The molecule has 2 aromatic carbocycles. The lowest BCUT2D eigenvalue weighted by Gasteiger charge is -2.33. The van der Waals surface area contributed by atoms with Gasteiger partial charge in [0.05, 0.1) is 0 Å². The molecule has 0 heterocycles. The van der Waals surface area contributed by atoms with E-state index in [-0.39, 0.29) is 5.92 Å². The van der Waals surface area contributed by atoms with Crippen molar-refractivity contribution >= 4 is 0 Å². The van der Waals surface area contributed by atoms with Crippen LogP contribution in [0.2, 0.25) is 0 Å². The molecule has 2 aromatic rings. The van der Waals surface area contributed by atoms with Gasteiger partial charge in [-0.15, -0.1) is 0 Å². The summed E-state index contributed by atoms with van der Waals surface area (Å²) in [5.41, 5.74) is 3.91. The predicted octanol–water partition coefficient (Wildman–Crippen LogP) is 6.13. The zero-order chi connectivity index (χ0) is 18.5. The van der Waals surface area contributed by atoms with Crippen LogP contribution in [0.15, 0.2) is 54.6 Å². The van der Waals surface area contributed by atoms with Gasteiger partial charge in [-0.25, -0.2) is 4.39 Å². The molecule has 0 N–H and O–H groups in total. The molecule has 0 amide bonds. The molecule has 3 rings (SSSR count). The van der Waals surface area contributed by atoms with Gasteiger partial charge in [0.25, 0.3) is 0 Å². The lowest BCUT2D eigenvalue weighted by atomic mass is 9.78. The Hall–Kier alpha value is -1.67. The molecule has 2 heteroatoms. The standard InChI is InChI=1S/C24H32FN/c1-18(2)26(17-21-7-5-4-6-8-21)19(3)9-10-20-11-13-22(14-12-20)23-15-16-24(23)25/h4-8,11-14,18-19,23-24H,9-10,15-17H2,1-3H3. The molecule has 0 bridgehead atoms. The zero-order valence-corrected chi connectivity index (χ0v) is 16.4. The maximum Gasteiger partial charge on any atom is 0.107 e. The number of alkyl halides is 1. The van der Waals surface area contributed by atoms with Gasteiger partial charge in [0.2, 0.25) is 0 Å². The topological polar surface area (TPSA) is 3.24 Å². The first-order valence-corrected chi connectivity index (χ1v) is 10.1. The van der Waals surface area contributed by atoms with E-state index in [9.17, 15) is 4.39 Å². The Morgan fingerprint density at radius 3 is 2.15 bits per heavy atom. The van der Waals surface area contributed by atoms with Crippen molar-refractivity contribution in [1.82, 2.24) is 4.90 Å². The number of aryl methyl sites for hydroxylation is 1. The maximum atomic E-state index is 13.6. The average molecular weight is 354 g/mol. The summed E-state index contributed by atoms with van der Waals surface area (Å²) < 4.78 is 13.6. The van der Waals surface area contributed by atoms with Gasteiger partial charge < -0.3 is 0 Å². The summed E-state index contributed by atoms with van der Waals surface area (Å²) in [6, 6.07) is 20.4. The highest BCUT2D eigenvalue weighted by Crippen LogP contribution is 2.39. The second kappa shape index (κ2) is 8.81. The number of nitrogens with zero attached hydrogens (tertiary/aromatic N) is 1. The van der Waals surface area contributed by atoms with Crippen LogP contribution in [-0.2, 0) is 13.0 Å². The fourth-order valence-corrected chi connectivity index (χ4v) is 3.95. The van der Waals surface area contributed by atoms with E-state index in [0.29, 0.717) is 12.1 Å². The smallest absolute Gasteiger partial charge is 0.107 e. The van der Waals surface area contributed by atoms with Gasteiger partial charge in [-0.1, -0.05) is 54.6 Å². The van der Waals surface area contributed by atoms with Gasteiger partial charge in [-0.2, -0.15) is 0 Å². The Morgan fingerprint density at radius 1 is 0.923 bits per heavy atom. The van der Waals surface area contributed by atoms with Crippen LogP contribution in [0.1, 0.15) is 62.6 Å². The molecular formula is C24H32FN. The number of hydrogen-bond acceptors (Lipinski definition) is 1. The Balaban J connectivity index is 1.55. The summed E-state index contributed by atoms with van der Waals surface area (Å²) in [6.07, 6.45) is 3.32. The van der Waals surface area contributed by atoms with Gasteiger partial charge in [-0.3, -0.25) is 4.90 Å². The third-order valence-electron chi connectivity index (χ3n) is 5.89. The highest BCUT2D eigenvalue weighted by atomic mass is 19.1. The number of benzene rings is 2. The third kappa shape index (κ3) is 4.73. The first kappa shape index (κ1) is 19.1. The minimum Gasteiger partial charge on any atom is -0.294 e. The molecule has 3 unspecified atom stereocenters. The quantitative estimate of drug-likeness (QED) is 0.551. The third-order valence-corrected chi connectivity index (χ3v) is 5.89. The second-order valence-corrected chi connectivity index (χ2v) is 8.08. The van der Waals surface area contributed by atoms with E-state index < -0.39 is 6.17 Å². The SMILES string of the molecule is CC(C)N(Cc1ccccc1)C(C)CCc1ccc(C2CCC2F)cc1. The Morgan fingerprint density at radius 2 is 1.62 bits per heavy atom. The molecule has 140 valence electrons. The first-order valence-electron chi connectivity index (χ1n) is 10.1. The van der Waals surface area contributed by atoms with E-state index >= 15 is 0 Å². The molecule has 0 radical (unpaired) electrons. The molecule has 1 fully saturated rings. The van der Waals surface area contributed by atoms with Gasteiger partial charge in [0.1, 0.15) is 6.17 Å². The lowest BCUT2D eigenvalue weighted by Crippen LogP contribution is -2.38. The molecule has 0 spiro atoms. The van der Waals surface area contributed by atoms with Gasteiger partial charge in [-0.05, 0) is 63.1 Å². The van der Waals surface area contributed by atoms with Crippen molar-refractivity contribution in [3.63, 3.8) is 0 Å². The summed E-state index contributed by atoms with van der Waals surface area (Å²) in [5.74, 6) is 0.144. The number of rotatable bonds is 8. The van der Waals surface area contributed by atoms with Crippen LogP contribution in [0.3, 0.4) is 0 Å². The highest BCUT2D eigenvalue weighted by Gasteiger charge is 2.31. The van der Waals surface area contributed by atoms with Crippen LogP contribution in [0.4, 0.5) is 4.39 Å². The molecule has 1 nitrogen and oxygen atoms in total. The molecule has 1 aliphatic carbocycles. The average Bonchev–Trinajstić information content (AvgIpc) is 2.64. The molecule has 0 aromatic heterocycles. The van der Waals surface area contributed by atoms with Crippen molar-refractivity contribution in [1.29, 1.82) is 0 Å². The molecular weight excluding hydrogens is 321 g/mol. The summed E-state index contributed by atoms with van der Waals surface area (Å²) in [4.78, 5) is 2.58. The molecule has 1 aliphatic rings. The van der Waals surface area contributed by atoms with Crippen LogP contribution in [0.5, 0.6) is 0 Å². The van der Waals surface area contributed by atoms with E-state index in [1.54, 1.807) is 0 Å². The van der Waals surface area contributed by atoms with Crippen molar-refractivity contribution in [2.75, 3.05) is 0 Å².